The molecule has 2 aromatic rings. The number of nitriles is 1. The van der Waals surface area contributed by atoms with Crippen LogP contribution in [0, 0.1) is 11.3 Å². The standard InChI is InChI=1S/C13H13N5/c1-9(11-4-2-10(8-14)3-5-11)18-13-12(15)16-6-7-17-13/h2-7,9H,1H3,(H2,15,16)(H,17,18). The molecule has 1 atom stereocenters. The third kappa shape index (κ3) is 2.55. The molecule has 0 fully saturated rings. The summed E-state index contributed by atoms with van der Waals surface area (Å²) >= 11 is 0. The SMILES string of the molecule is CC(Nc1nccnc1N)c1ccc(C#N)cc1. The normalized spacial score (nSPS) is 11.6. The first-order valence-corrected chi connectivity index (χ1v) is 5.54. The molecule has 5 heteroatoms. The molecule has 0 spiro atoms. The van der Waals surface area contributed by atoms with Crippen molar-refractivity contribution in [3.05, 3.63) is 47.8 Å². The summed E-state index contributed by atoms with van der Waals surface area (Å²) in [6.07, 6.45) is 3.14. The Morgan fingerprint density at radius 3 is 2.50 bits per heavy atom. The molecule has 18 heavy (non-hydrogen) atoms. The topological polar surface area (TPSA) is 87.6 Å². The maximum atomic E-state index is 8.74. The van der Waals surface area contributed by atoms with Gasteiger partial charge in [-0.1, -0.05) is 12.1 Å². The Hall–Kier alpha value is -2.61. The molecular formula is C13H13N5. The van der Waals surface area contributed by atoms with Gasteiger partial charge in [-0.25, -0.2) is 9.97 Å². The number of hydrogen-bond acceptors (Lipinski definition) is 5. The summed E-state index contributed by atoms with van der Waals surface area (Å²) < 4.78 is 0. The third-order valence-corrected chi connectivity index (χ3v) is 2.62. The zero-order chi connectivity index (χ0) is 13.0. The maximum absolute atomic E-state index is 8.74. The van der Waals surface area contributed by atoms with Gasteiger partial charge in [-0.05, 0) is 24.6 Å². The van der Waals surface area contributed by atoms with Crippen LogP contribution in [-0.4, -0.2) is 9.97 Å². The lowest BCUT2D eigenvalue weighted by Crippen LogP contribution is -2.10. The Morgan fingerprint density at radius 2 is 1.89 bits per heavy atom. The van der Waals surface area contributed by atoms with E-state index in [0.29, 0.717) is 17.2 Å². The van der Waals surface area contributed by atoms with E-state index in [1.807, 2.05) is 19.1 Å². The van der Waals surface area contributed by atoms with E-state index in [2.05, 4.69) is 21.4 Å². The van der Waals surface area contributed by atoms with Crippen molar-refractivity contribution in [1.82, 2.24) is 9.97 Å². The molecule has 5 nitrogen and oxygen atoms in total. The first-order chi connectivity index (χ1) is 8.70. The Labute approximate surface area is 105 Å². The summed E-state index contributed by atoms with van der Waals surface area (Å²) in [5.41, 5.74) is 7.41. The number of benzene rings is 1. The van der Waals surface area contributed by atoms with Gasteiger partial charge in [0.1, 0.15) is 0 Å². The van der Waals surface area contributed by atoms with E-state index in [1.165, 1.54) is 0 Å². The van der Waals surface area contributed by atoms with Gasteiger partial charge in [-0.2, -0.15) is 5.26 Å². The molecule has 0 aliphatic heterocycles. The number of nitrogens with zero attached hydrogens (tertiary/aromatic N) is 3. The van der Waals surface area contributed by atoms with E-state index in [9.17, 15) is 0 Å². The molecule has 0 saturated heterocycles. The zero-order valence-electron chi connectivity index (χ0n) is 9.96. The van der Waals surface area contributed by atoms with Crippen molar-refractivity contribution in [3.8, 4) is 6.07 Å². The fraction of sp³-hybridized carbons (Fsp3) is 0.154. The van der Waals surface area contributed by atoms with E-state index in [0.717, 1.165) is 5.56 Å². The van der Waals surface area contributed by atoms with E-state index in [1.54, 1.807) is 24.5 Å². The van der Waals surface area contributed by atoms with Crippen LogP contribution in [0.25, 0.3) is 0 Å². The highest BCUT2D eigenvalue weighted by Gasteiger charge is 2.08. The molecule has 1 aromatic carbocycles. The van der Waals surface area contributed by atoms with Crippen LogP contribution in [0.4, 0.5) is 11.6 Å². The molecule has 1 aromatic heterocycles. The summed E-state index contributed by atoms with van der Waals surface area (Å²) in [6.45, 7) is 2.00. The van der Waals surface area contributed by atoms with Crippen LogP contribution in [0.2, 0.25) is 0 Å². The highest BCUT2D eigenvalue weighted by Crippen LogP contribution is 2.20. The lowest BCUT2D eigenvalue weighted by Gasteiger charge is -2.15. The average molecular weight is 239 g/mol. The monoisotopic (exact) mass is 239 g/mol. The summed E-state index contributed by atoms with van der Waals surface area (Å²) in [6, 6.07) is 9.51. The van der Waals surface area contributed by atoms with Gasteiger partial charge in [0, 0.05) is 12.4 Å². The summed E-state index contributed by atoms with van der Waals surface area (Å²) in [5.74, 6) is 0.937. The molecule has 1 unspecified atom stereocenters. The second-order valence-corrected chi connectivity index (χ2v) is 3.89. The summed E-state index contributed by atoms with van der Waals surface area (Å²) in [7, 11) is 0. The highest BCUT2D eigenvalue weighted by atomic mass is 15.1. The molecule has 3 N–H and O–H groups in total. The number of rotatable bonds is 3. The molecule has 1 heterocycles. The minimum Gasteiger partial charge on any atom is -0.381 e. The van der Waals surface area contributed by atoms with Gasteiger partial charge in [-0.15, -0.1) is 0 Å². The Balaban J connectivity index is 2.15. The van der Waals surface area contributed by atoms with E-state index < -0.39 is 0 Å². The van der Waals surface area contributed by atoms with Crippen molar-refractivity contribution >= 4 is 11.6 Å². The van der Waals surface area contributed by atoms with Gasteiger partial charge < -0.3 is 11.1 Å². The number of nitrogens with two attached hydrogens (primary N) is 1. The van der Waals surface area contributed by atoms with Crippen molar-refractivity contribution in [2.24, 2.45) is 0 Å². The smallest absolute Gasteiger partial charge is 0.169 e. The molecule has 0 aliphatic rings. The van der Waals surface area contributed by atoms with Crippen LogP contribution in [0.3, 0.4) is 0 Å². The van der Waals surface area contributed by atoms with Gasteiger partial charge >= 0.3 is 0 Å². The van der Waals surface area contributed by atoms with Gasteiger partial charge in [0.25, 0.3) is 0 Å². The van der Waals surface area contributed by atoms with Gasteiger partial charge in [0.05, 0.1) is 17.7 Å². The lowest BCUT2D eigenvalue weighted by molar-refractivity contribution is 0.872. The first-order valence-electron chi connectivity index (χ1n) is 5.54. The minimum absolute atomic E-state index is 0.0387. The molecule has 0 amide bonds. The molecule has 0 bridgehead atoms. The Morgan fingerprint density at radius 1 is 1.22 bits per heavy atom. The highest BCUT2D eigenvalue weighted by molar-refractivity contribution is 5.56. The third-order valence-electron chi connectivity index (χ3n) is 2.62. The van der Waals surface area contributed by atoms with Gasteiger partial charge in [0.15, 0.2) is 11.6 Å². The lowest BCUT2D eigenvalue weighted by atomic mass is 10.1. The molecule has 0 saturated carbocycles. The number of anilines is 2. The number of hydrogen-bond donors (Lipinski definition) is 2. The predicted molar refractivity (Wildman–Crippen MR) is 69.6 cm³/mol. The van der Waals surface area contributed by atoms with Crippen LogP contribution >= 0.6 is 0 Å². The number of nitrogens with one attached hydrogen (secondary N) is 1. The molecular weight excluding hydrogens is 226 g/mol. The summed E-state index contributed by atoms with van der Waals surface area (Å²) in [4.78, 5) is 8.09. The fourth-order valence-corrected chi connectivity index (χ4v) is 1.59. The molecule has 0 radical (unpaired) electrons. The van der Waals surface area contributed by atoms with Gasteiger partial charge in [0.2, 0.25) is 0 Å². The van der Waals surface area contributed by atoms with Crippen molar-refractivity contribution in [1.29, 1.82) is 5.26 Å². The van der Waals surface area contributed by atoms with Crippen LogP contribution in [-0.2, 0) is 0 Å². The molecule has 2 rings (SSSR count). The van der Waals surface area contributed by atoms with Crippen LogP contribution in [0.5, 0.6) is 0 Å². The quantitative estimate of drug-likeness (QED) is 0.856. The van der Waals surface area contributed by atoms with E-state index in [-0.39, 0.29) is 6.04 Å². The minimum atomic E-state index is 0.0387. The van der Waals surface area contributed by atoms with Crippen molar-refractivity contribution in [2.45, 2.75) is 13.0 Å². The first kappa shape index (κ1) is 11.9. The number of aromatic nitrogens is 2. The Kier molecular flexibility index (Phi) is 3.39. The zero-order valence-corrected chi connectivity index (χ0v) is 9.96. The van der Waals surface area contributed by atoms with Crippen molar-refractivity contribution in [3.63, 3.8) is 0 Å². The van der Waals surface area contributed by atoms with Crippen molar-refractivity contribution in [2.75, 3.05) is 11.1 Å². The molecule has 0 aliphatic carbocycles. The van der Waals surface area contributed by atoms with E-state index in [4.69, 9.17) is 11.0 Å². The number of nitrogen functional groups attached to an aromatic ring is 1. The second kappa shape index (κ2) is 5.15. The Bertz CT molecular complexity index is 571. The second-order valence-electron chi connectivity index (χ2n) is 3.89. The molecule has 90 valence electrons. The van der Waals surface area contributed by atoms with Crippen LogP contribution < -0.4 is 11.1 Å². The van der Waals surface area contributed by atoms with Crippen LogP contribution in [0.15, 0.2) is 36.7 Å². The fourth-order valence-electron chi connectivity index (χ4n) is 1.59. The van der Waals surface area contributed by atoms with Crippen LogP contribution in [0.1, 0.15) is 24.1 Å². The predicted octanol–water partition coefficient (Wildman–Crippen LogP) is 2.10. The van der Waals surface area contributed by atoms with Gasteiger partial charge in [-0.3, -0.25) is 0 Å². The maximum Gasteiger partial charge on any atom is 0.169 e. The average Bonchev–Trinajstić information content (AvgIpc) is 2.41. The van der Waals surface area contributed by atoms with E-state index >= 15 is 0 Å². The largest absolute Gasteiger partial charge is 0.381 e. The summed E-state index contributed by atoms with van der Waals surface area (Å²) in [5, 5.41) is 11.9. The van der Waals surface area contributed by atoms with Crippen molar-refractivity contribution < 1.29 is 0 Å².